The van der Waals surface area contributed by atoms with Crippen molar-refractivity contribution in [1.82, 2.24) is 0 Å². The van der Waals surface area contributed by atoms with Gasteiger partial charge in [-0.1, -0.05) is 46.6 Å². The minimum atomic E-state index is -5.93. The summed E-state index contributed by atoms with van der Waals surface area (Å²) in [5.41, 5.74) is 3.76. The second kappa shape index (κ2) is 23.0. The van der Waals surface area contributed by atoms with Crippen LogP contribution >= 0.6 is 15.2 Å². The van der Waals surface area contributed by atoms with Gasteiger partial charge in [0.05, 0.1) is 6.61 Å². The van der Waals surface area contributed by atoms with Crippen molar-refractivity contribution in [2.24, 2.45) is 0 Å². The molecule has 0 aliphatic carbocycles. The molecule has 34 heavy (non-hydrogen) atoms. The molecule has 0 amide bonds. The van der Waals surface area contributed by atoms with Gasteiger partial charge in [0.2, 0.25) is 0 Å². The van der Waals surface area contributed by atoms with Crippen molar-refractivity contribution < 1.29 is 152 Å². The Kier molecular flexibility index (Phi) is 31.8. The third kappa shape index (κ3) is 19.3. The number of hydrogen-bond donors (Lipinski definition) is 0. The standard InChI is InChI=1S/C21H38O7P2.4Na/c1-17(2)9-7-11-19(5)13-15-21(29(22,23)24,30(25,26)27)28-16-14-20(6)12-8-10-18(3)4;;;;/h9-10,13-14H,7-8,11-12,15-16H2,1-6H3,(H2,22,23,24)(H2,25,26,27);;;;/q;4*+1/p-4/b19-13+,20-14+;;;;. The van der Waals surface area contributed by atoms with Crippen LogP contribution in [0.4, 0.5) is 0 Å². The van der Waals surface area contributed by atoms with Crippen LogP contribution in [-0.2, 0) is 13.9 Å². The fourth-order valence-electron chi connectivity index (χ4n) is 2.60. The molecule has 0 aliphatic rings. The molecule has 0 saturated carbocycles. The van der Waals surface area contributed by atoms with Gasteiger partial charge in [-0.25, -0.2) is 0 Å². The van der Waals surface area contributed by atoms with Gasteiger partial charge in [-0.2, -0.15) is 0 Å². The Labute approximate surface area is 294 Å². The largest absolute Gasteiger partial charge is 1.00 e. The summed E-state index contributed by atoms with van der Waals surface area (Å²) in [6.45, 7) is 10.8. The van der Waals surface area contributed by atoms with E-state index in [0.717, 1.165) is 23.1 Å². The number of rotatable bonds is 13. The minimum absolute atomic E-state index is 0. The first kappa shape index (κ1) is 47.0. The first-order chi connectivity index (χ1) is 13.6. The first-order valence-corrected chi connectivity index (χ1v) is 13.0. The molecule has 0 unspecified atom stereocenters. The van der Waals surface area contributed by atoms with Gasteiger partial charge in [0.1, 0.15) is 5.08 Å². The van der Waals surface area contributed by atoms with Gasteiger partial charge in [0.25, 0.3) is 0 Å². The second-order valence-electron chi connectivity index (χ2n) is 7.99. The maximum atomic E-state index is 11.8. The van der Waals surface area contributed by atoms with Gasteiger partial charge in [0, 0.05) is 6.42 Å². The van der Waals surface area contributed by atoms with Crippen LogP contribution in [0.2, 0.25) is 0 Å². The van der Waals surface area contributed by atoms with Crippen LogP contribution in [0, 0.1) is 0 Å². The Bertz CT molecular complexity index is 754. The summed E-state index contributed by atoms with van der Waals surface area (Å²) >= 11 is 0. The van der Waals surface area contributed by atoms with Crippen molar-refractivity contribution in [3.8, 4) is 0 Å². The van der Waals surface area contributed by atoms with E-state index >= 15 is 0 Å². The van der Waals surface area contributed by atoms with Gasteiger partial charge in [-0.05, 0) is 82.4 Å². The molecule has 0 fully saturated rings. The zero-order valence-electron chi connectivity index (χ0n) is 22.8. The van der Waals surface area contributed by atoms with Crippen LogP contribution in [-0.4, -0.2) is 11.7 Å². The molecule has 0 radical (unpaired) electrons. The summed E-state index contributed by atoms with van der Waals surface area (Å²) in [6.07, 6.45) is 8.57. The molecular weight excluding hydrogens is 518 g/mol. The smallest absolute Gasteiger partial charge is 0.808 e. The van der Waals surface area contributed by atoms with Crippen LogP contribution in [0.3, 0.4) is 0 Å². The van der Waals surface area contributed by atoms with E-state index in [9.17, 15) is 28.7 Å². The van der Waals surface area contributed by atoms with Crippen molar-refractivity contribution in [2.75, 3.05) is 6.61 Å². The molecule has 0 saturated heterocycles. The second-order valence-corrected chi connectivity index (χ2v) is 11.8. The quantitative estimate of drug-likeness (QED) is 0.126. The van der Waals surface area contributed by atoms with E-state index in [-0.39, 0.29) is 118 Å². The first-order valence-electron chi connectivity index (χ1n) is 9.88. The third-order valence-corrected chi connectivity index (χ3v) is 8.31. The summed E-state index contributed by atoms with van der Waals surface area (Å²) in [5, 5.41) is -3.34. The van der Waals surface area contributed by atoms with E-state index in [2.05, 4.69) is 0 Å². The van der Waals surface area contributed by atoms with Crippen LogP contribution in [0.25, 0.3) is 0 Å². The summed E-state index contributed by atoms with van der Waals surface area (Å²) in [4.78, 5) is 47.4. The summed E-state index contributed by atoms with van der Waals surface area (Å²) in [6, 6.07) is 0. The van der Waals surface area contributed by atoms with Crippen molar-refractivity contribution in [3.05, 3.63) is 46.6 Å². The molecule has 0 rings (SSSR count). The van der Waals surface area contributed by atoms with Gasteiger partial charge < -0.3 is 33.4 Å². The van der Waals surface area contributed by atoms with Crippen molar-refractivity contribution in [3.63, 3.8) is 0 Å². The normalized spacial score (nSPS) is 12.3. The average Bonchev–Trinajstić information content (AvgIpc) is 2.54. The van der Waals surface area contributed by atoms with Crippen molar-refractivity contribution in [2.45, 2.75) is 78.7 Å². The molecule has 0 bridgehead atoms. The fourth-order valence-corrected chi connectivity index (χ4v) is 4.89. The van der Waals surface area contributed by atoms with Crippen LogP contribution in [0.15, 0.2) is 46.6 Å². The molecule has 0 aromatic heterocycles. The van der Waals surface area contributed by atoms with Gasteiger partial charge in [-0.3, -0.25) is 0 Å². The Morgan fingerprint density at radius 1 is 0.676 bits per heavy atom. The molecule has 7 nitrogen and oxygen atoms in total. The molecule has 0 atom stereocenters. The fraction of sp³-hybridized carbons (Fsp3) is 0.619. The SMILES string of the molecule is CC(C)=CCC/C(C)=C/COC(C/C=C(\C)CCC=C(C)C)(P(=O)([O-])[O-])P(=O)([O-])[O-].[Na+].[Na+].[Na+].[Na+]. The van der Waals surface area contributed by atoms with E-state index in [1.165, 1.54) is 12.2 Å². The maximum Gasteiger partial charge on any atom is 1.00 e. The third-order valence-electron chi connectivity index (χ3n) is 4.50. The van der Waals surface area contributed by atoms with E-state index in [0.29, 0.717) is 24.8 Å². The Morgan fingerprint density at radius 2 is 1.03 bits per heavy atom. The van der Waals surface area contributed by atoms with Gasteiger partial charge in [-0.15, -0.1) is 0 Å². The number of ether oxygens (including phenoxy) is 1. The summed E-state index contributed by atoms with van der Waals surface area (Å²) in [5.74, 6) is 0. The van der Waals surface area contributed by atoms with Gasteiger partial charge in [0.15, 0.2) is 0 Å². The molecule has 0 spiro atoms. The predicted octanol–water partition coefficient (Wildman–Crippen LogP) is -8.72. The topological polar surface area (TPSA) is 136 Å². The molecule has 0 heterocycles. The molecule has 174 valence electrons. The van der Waals surface area contributed by atoms with E-state index in [1.54, 1.807) is 13.8 Å². The zero-order valence-corrected chi connectivity index (χ0v) is 32.6. The van der Waals surface area contributed by atoms with E-state index in [1.807, 2.05) is 39.8 Å². The van der Waals surface area contributed by atoms with Crippen LogP contribution < -0.4 is 138 Å². The Balaban J connectivity index is -0.000000701. The summed E-state index contributed by atoms with van der Waals surface area (Å²) < 4.78 is 28.7. The van der Waals surface area contributed by atoms with Gasteiger partial charge >= 0.3 is 118 Å². The van der Waals surface area contributed by atoms with Crippen molar-refractivity contribution in [1.29, 1.82) is 0 Å². The number of hydrogen-bond acceptors (Lipinski definition) is 7. The number of allylic oxidation sites excluding steroid dienone is 6. The zero-order chi connectivity index (χ0) is 23.6. The minimum Gasteiger partial charge on any atom is -0.808 e. The Hall–Kier alpha value is 3.22. The van der Waals surface area contributed by atoms with Crippen LogP contribution in [0.1, 0.15) is 73.6 Å². The molecule has 13 heteroatoms. The van der Waals surface area contributed by atoms with E-state index in [4.69, 9.17) is 4.74 Å². The molecule has 0 aromatic rings. The van der Waals surface area contributed by atoms with Crippen LogP contribution in [0.5, 0.6) is 0 Å². The molecule has 0 N–H and O–H groups in total. The molecule has 0 aromatic carbocycles. The molecule has 0 aliphatic heterocycles. The van der Waals surface area contributed by atoms with Crippen molar-refractivity contribution >= 4 is 15.2 Å². The van der Waals surface area contributed by atoms with E-state index < -0.39 is 33.3 Å². The molecular formula is C21H34Na4O7P2. The predicted molar refractivity (Wildman–Crippen MR) is 113 cm³/mol. The maximum absolute atomic E-state index is 11.8. The monoisotopic (exact) mass is 552 g/mol. The Morgan fingerprint density at radius 3 is 1.35 bits per heavy atom. The summed E-state index contributed by atoms with van der Waals surface area (Å²) in [7, 11) is -11.9. The average molecular weight is 552 g/mol.